The molecule has 3 rings (SSSR count). The first-order chi connectivity index (χ1) is 9.70. The van der Waals surface area contributed by atoms with Crippen molar-refractivity contribution in [3.05, 3.63) is 65.2 Å². The Morgan fingerprint density at radius 3 is 2.50 bits per heavy atom. The third-order valence-corrected chi connectivity index (χ3v) is 4.45. The number of ether oxygens (including phenoxy) is 1. The summed E-state index contributed by atoms with van der Waals surface area (Å²) in [5.74, 6) is 1.39. The van der Waals surface area contributed by atoms with Crippen molar-refractivity contribution in [1.29, 1.82) is 0 Å². The van der Waals surface area contributed by atoms with E-state index in [1.807, 2.05) is 0 Å². The van der Waals surface area contributed by atoms with Crippen LogP contribution in [0.3, 0.4) is 0 Å². The van der Waals surface area contributed by atoms with Crippen molar-refractivity contribution >= 4 is 0 Å². The molecule has 2 aromatic carbocycles. The zero-order valence-corrected chi connectivity index (χ0v) is 12.3. The monoisotopic (exact) mass is 267 g/mol. The smallest absolute Gasteiger partial charge is 0.119 e. The molecule has 0 aromatic heterocycles. The maximum atomic E-state index is 5.39. The van der Waals surface area contributed by atoms with Crippen LogP contribution in [-0.4, -0.2) is 25.6 Å². The Labute approximate surface area is 121 Å². The number of benzene rings is 2. The Morgan fingerprint density at radius 1 is 1.05 bits per heavy atom. The van der Waals surface area contributed by atoms with Crippen molar-refractivity contribution in [3.63, 3.8) is 0 Å². The molecule has 0 fully saturated rings. The summed E-state index contributed by atoms with van der Waals surface area (Å²) in [4.78, 5) is 2.42. The molecule has 0 saturated carbocycles. The van der Waals surface area contributed by atoms with E-state index in [1.165, 1.54) is 16.7 Å². The quantitative estimate of drug-likeness (QED) is 0.820. The molecule has 0 radical (unpaired) electrons. The first kappa shape index (κ1) is 13.2. The van der Waals surface area contributed by atoms with Gasteiger partial charge in [0.15, 0.2) is 0 Å². The highest BCUT2D eigenvalue weighted by atomic mass is 16.5. The number of nitrogens with zero attached hydrogens (tertiary/aromatic N) is 1. The Kier molecular flexibility index (Phi) is 3.49. The van der Waals surface area contributed by atoms with Gasteiger partial charge in [0.25, 0.3) is 0 Å². The first-order valence-corrected chi connectivity index (χ1v) is 7.13. The topological polar surface area (TPSA) is 12.5 Å². The van der Waals surface area contributed by atoms with Crippen molar-refractivity contribution in [1.82, 2.24) is 4.90 Å². The van der Waals surface area contributed by atoms with E-state index in [9.17, 15) is 0 Å². The summed E-state index contributed by atoms with van der Waals surface area (Å²) in [6.07, 6.45) is 0. The number of likely N-dealkylation sites (N-methyl/N-ethyl adjacent to an activating group) is 1. The predicted molar refractivity (Wildman–Crippen MR) is 82.3 cm³/mol. The van der Waals surface area contributed by atoms with Gasteiger partial charge in [0.05, 0.1) is 7.11 Å². The maximum absolute atomic E-state index is 5.39. The maximum Gasteiger partial charge on any atom is 0.119 e. The van der Waals surface area contributed by atoms with Crippen LogP contribution in [0.4, 0.5) is 0 Å². The van der Waals surface area contributed by atoms with Crippen LogP contribution in [0.1, 0.15) is 35.6 Å². The van der Waals surface area contributed by atoms with Crippen LogP contribution >= 0.6 is 0 Å². The standard InChI is InChI=1S/C18H21NO/c1-13-17-11-15(20-3)9-10-16(17)18(12-19(13)2)14-7-5-4-6-8-14/h4-11,13,18H,12H2,1-3H3. The molecule has 0 bridgehead atoms. The lowest BCUT2D eigenvalue weighted by Gasteiger charge is -2.38. The van der Waals surface area contributed by atoms with Crippen LogP contribution < -0.4 is 4.74 Å². The fraction of sp³-hybridized carbons (Fsp3) is 0.333. The molecule has 1 aliphatic rings. The van der Waals surface area contributed by atoms with E-state index in [2.05, 4.69) is 67.4 Å². The lowest BCUT2D eigenvalue weighted by Crippen LogP contribution is -2.34. The van der Waals surface area contributed by atoms with E-state index in [1.54, 1.807) is 7.11 Å². The van der Waals surface area contributed by atoms with Crippen LogP contribution in [0.5, 0.6) is 5.75 Å². The normalized spacial score (nSPS) is 22.4. The van der Waals surface area contributed by atoms with Crippen molar-refractivity contribution in [2.24, 2.45) is 0 Å². The molecule has 2 heteroatoms. The van der Waals surface area contributed by atoms with Gasteiger partial charge >= 0.3 is 0 Å². The van der Waals surface area contributed by atoms with Gasteiger partial charge < -0.3 is 4.74 Å². The van der Waals surface area contributed by atoms with Crippen LogP contribution in [0, 0.1) is 0 Å². The molecule has 2 unspecified atom stereocenters. The van der Waals surface area contributed by atoms with E-state index in [0.29, 0.717) is 12.0 Å². The highest BCUT2D eigenvalue weighted by Gasteiger charge is 2.29. The molecule has 2 aromatic rings. The lowest BCUT2D eigenvalue weighted by atomic mass is 9.82. The van der Waals surface area contributed by atoms with E-state index in [4.69, 9.17) is 4.74 Å². The molecule has 2 atom stereocenters. The Bertz CT molecular complexity index is 594. The summed E-state index contributed by atoms with van der Waals surface area (Å²) in [5, 5.41) is 0. The minimum absolute atomic E-state index is 0.431. The summed E-state index contributed by atoms with van der Waals surface area (Å²) in [5.41, 5.74) is 4.20. The number of hydrogen-bond donors (Lipinski definition) is 0. The Hall–Kier alpha value is -1.80. The minimum Gasteiger partial charge on any atom is -0.497 e. The van der Waals surface area contributed by atoms with Gasteiger partial charge in [-0.1, -0.05) is 36.4 Å². The predicted octanol–water partition coefficient (Wildman–Crippen LogP) is 3.83. The van der Waals surface area contributed by atoms with E-state index < -0.39 is 0 Å². The van der Waals surface area contributed by atoms with Crippen molar-refractivity contribution in [2.45, 2.75) is 18.9 Å². The zero-order chi connectivity index (χ0) is 14.1. The SMILES string of the molecule is COc1ccc2c(c1)C(C)N(C)CC2c1ccccc1. The van der Waals surface area contributed by atoms with Crippen LogP contribution in [0.2, 0.25) is 0 Å². The number of methoxy groups -OCH3 is 1. The largest absolute Gasteiger partial charge is 0.497 e. The molecule has 1 aliphatic heterocycles. The van der Waals surface area contributed by atoms with E-state index >= 15 is 0 Å². The number of rotatable bonds is 2. The van der Waals surface area contributed by atoms with Crippen molar-refractivity contribution in [3.8, 4) is 5.75 Å². The Morgan fingerprint density at radius 2 is 1.80 bits per heavy atom. The molecule has 2 nitrogen and oxygen atoms in total. The summed E-state index contributed by atoms with van der Waals surface area (Å²) >= 11 is 0. The molecule has 0 amide bonds. The van der Waals surface area contributed by atoms with Crippen LogP contribution in [0.25, 0.3) is 0 Å². The fourth-order valence-corrected chi connectivity index (χ4v) is 3.11. The molecule has 0 saturated heterocycles. The summed E-state index contributed by atoms with van der Waals surface area (Å²) in [6, 6.07) is 17.7. The molecule has 0 spiro atoms. The van der Waals surface area contributed by atoms with Gasteiger partial charge in [-0.2, -0.15) is 0 Å². The molecular weight excluding hydrogens is 246 g/mol. The average molecular weight is 267 g/mol. The number of hydrogen-bond acceptors (Lipinski definition) is 2. The lowest BCUT2D eigenvalue weighted by molar-refractivity contribution is 0.233. The Balaban J connectivity index is 2.10. The summed E-state index contributed by atoms with van der Waals surface area (Å²) in [6.45, 7) is 3.32. The third-order valence-electron chi connectivity index (χ3n) is 4.45. The molecule has 20 heavy (non-hydrogen) atoms. The first-order valence-electron chi connectivity index (χ1n) is 7.13. The second-order valence-corrected chi connectivity index (χ2v) is 5.57. The van der Waals surface area contributed by atoms with Crippen molar-refractivity contribution in [2.75, 3.05) is 20.7 Å². The van der Waals surface area contributed by atoms with Gasteiger partial charge in [0.2, 0.25) is 0 Å². The molecule has 0 N–H and O–H groups in total. The van der Waals surface area contributed by atoms with Crippen LogP contribution in [-0.2, 0) is 0 Å². The zero-order valence-electron chi connectivity index (χ0n) is 12.3. The van der Waals surface area contributed by atoms with Crippen LogP contribution in [0.15, 0.2) is 48.5 Å². The average Bonchev–Trinajstić information content (AvgIpc) is 2.51. The number of fused-ring (bicyclic) bond motifs is 1. The van der Waals surface area contributed by atoms with E-state index in [-0.39, 0.29) is 0 Å². The van der Waals surface area contributed by atoms with Gasteiger partial charge in [-0.15, -0.1) is 0 Å². The fourth-order valence-electron chi connectivity index (χ4n) is 3.11. The second kappa shape index (κ2) is 5.29. The summed E-state index contributed by atoms with van der Waals surface area (Å²) < 4.78 is 5.39. The molecule has 1 heterocycles. The van der Waals surface area contributed by atoms with Gasteiger partial charge in [-0.25, -0.2) is 0 Å². The summed E-state index contributed by atoms with van der Waals surface area (Å²) in [7, 11) is 3.93. The second-order valence-electron chi connectivity index (χ2n) is 5.57. The third kappa shape index (κ3) is 2.20. The highest BCUT2D eigenvalue weighted by molar-refractivity contribution is 5.45. The van der Waals surface area contributed by atoms with E-state index in [0.717, 1.165) is 12.3 Å². The van der Waals surface area contributed by atoms with Gasteiger partial charge in [-0.3, -0.25) is 4.90 Å². The van der Waals surface area contributed by atoms with Gasteiger partial charge in [0.1, 0.15) is 5.75 Å². The van der Waals surface area contributed by atoms with Gasteiger partial charge in [0, 0.05) is 18.5 Å². The van der Waals surface area contributed by atoms with Gasteiger partial charge in [-0.05, 0) is 42.8 Å². The molecular formula is C18H21NO. The highest BCUT2D eigenvalue weighted by Crippen LogP contribution is 2.39. The van der Waals surface area contributed by atoms with Crippen molar-refractivity contribution < 1.29 is 4.74 Å². The molecule has 0 aliphatic carbocycles. The minimum atomic E-state index is 0.431. The molecule has 104 valence electrons.